The summed E-state index contributed by atoms with van der Waals surface area (Å²) < 4.78 is 8.37. The van der Waals surface area contributed by atoms with Crippen molar-refractivity contribution in [3.63, 3.8) is 0 Å². The quantitative estimate of drug-likeness (QED) is 0.577. The number of nitrogens with zero attached hydrogens (tertiary/aromatic N) is 5. The van der Waals surface area contributed by atoms with Gasteiger partial charge in [-0.25, -0.2) is 9.50 Å². The maximum absolute atomic E-state index is 11.4. The Morgan fingerprint density at radius 2 is 1.92 bits per heavy atom. The van der Waals surface area contributed by atoms with Crippen molar-refractivity contribution in [1.29, 1.82) is 0 Å². The average Bonchev–Trinajstić information content (AvgIpc) is 3.49. The number of rotatable bonds is 5. The van der Waals surface area contributed by atoms with Crippen LogP contribution < -0.4 is 4.90 Å². The monoisotopic (exact) mass is 499 g/mol. The molecule has 0 radical (unpaired) electrons. The van der Waals surface area contributed by atoms with Crippen LogP contribution in [0.1, 0.15) is 43.1 Å². The van der Waals surface area contributed by atoms with Gasteiger partial charge in [-0.1, -0.05) is 37.3 Å². The highest BCUT2D eigenvalue weighted by Gasteiger charge is 2.71. The van der Waals surface area contributed by atoms with Crippen molar-refractivity contribution in [1.82, 2.24) is 19.5 Å². The predicted molar refractivity (Wildman–Crippen MR) is 138 cm³/mol. The van der Waals surface area contributed by atoms with E-state index in [2.05, 4.69) is 66.2 Å². The summed E-state index contributed by atoms with van der Waals surface area (Å²) in [4.78, 5) is 21.3. The Morgan fingerprint density at radius 1 is 1.16 bits per heavy atom. The van der Waals surface area contributed by atoms with Crippen LogP contribution in [0.25, 0.3) is 5.65 Å². The molecular weight excluding hydrogens is 466 g/mol. The van der Waals surface area contributed by atoms with Gasteiger partial charge in [0.15, 0.2) is 11.5 Å². The number of ether oxygens (including phenoxy) is 1. The van der Waals surface area contributed by atoms with Crippen LogP contribution in [-0.2, 0) is 20.5 Å². The smallest absolute Gasteiger partial charge is 0.307 e. The molecule has 2 unspecified atom stereocenters. The van der Waals surface area contributed by atoms with Gasteiger partial charge in [0, 0.05) is 44.4 Å². The molecule has 2 saturated carbocycles. The number of aliphatic carboxylic acids is 1. The number of anilines is 1. The van der Waals surface area contributed by atoms with Crippen LogP contribution in [0.5, 0.6) is 0 Å². The highest BCUT2D eigenvalue weighted by Crippen LogP contribution is 2.63. The molecule has 6 aliphatic rings. The van der Waals surface area contributed by atoms with E-state index in [0.29, 0.717) is 18.4 Å². The van der Waals surface area contributed by atoms with E-state index >= 15 is 0 Å². The number of pyridine rings is 1. The first-order valence-corrected chi connectivity index (χ1v) is 13.6. The molecule has 6 heterocycles. The molecule has 0 amide bonds. The SMILES string of the molecule is Cc1cc(N2CC[C@](C)(c3ccccc3)C2)cn2nc(C34CC(N5CC6C(C5)C6C(=O)O)(CO3)C4)nc12. The Labute approximate surface area is 216 Å². The van der Waals surface area contributed by atoms with Gasteiger partial charge in [-0.3, -0.25) is 9.69 Å². The third kappa shape index (κ3) is 3.00. The fraction of sp³-hybridized carbons (Fsp3) is 0.552. The Bertz CT molecular complexity index is 1420. The maximum atomic E-state index is 11.4. The van der Waals surface area contributed by atoms with Crippen molar-refractivity contribution in [3.05, 3.63) is 59.5 Å². The van der Waals surface area contributed by atoms with E-state index in [-0.39, 0.29) is 16.9 Å². The Hall–Kier alpha value is -2.97. The van der Waals surface area contributed by atoms with Crippen LogP contribution in [0.4, 0.5) is 5.69 Å². The molecule has 1 N–H and O–H groups in total. The first-order valence-electron chi connectivity index (χ1n) is 13.6. The summed E-state index contributed by atoms with van der Waals surface area (Å²) in [6.07, 6.45) is 5.07. The summed E-state index contributed by atoms with van der Waals surface area (Å²) in [6, 6.07) is 13.1. The number of piperidine rings is 1. The minimum Gasteiger partial charge on any atom is -0.481 e. The second-order valence-electron chi connectivity index (χ2n) is 12.6. The van der Waals surface area contributed by atoms with E-state index in [1.807, 2.05) is 4.52 Å². The molecule has 4 aliphatic heterocycles. The van der Waals surface area contributed by atoms with Crippen LogP contribution in [0, 0.1) is 24.7 Å². The summed E-state index contributed by atoms with van der Waals surface area (Å²) >= 11 is 0. The summed E-state index contributed by atoms with van der Waals surface area (Å²) in [6.45, 7) is 8.97. The molecule has 4 saturated heterocycles. The van der Waals surface area contributed by atoms with E-state index in [4.69, 9.17) is 14.8 Å². The van der Waals surface area contributed by atoms with E-state index in [1.54, 1.807) is 0 Å². The Morgan fingerprint density at radius 3 is 2.65 bits per heavy atom. The largest absolute Gasteiger partial charge is 0.481 e. The third-order valence-electron chi connectivity index (χ3n) is 10.3. The van der Waals surface area contributed by atoms with Gasteiger partial charge < -0.3 is 14.7 Å². The zero-order chi connectivity index (χ0) is 25.2. The molecule has 3 atom stereocenters. The van der Waals surface area contributed by atoms with Crippen molar-refractivity contribution in [2.75, 3.05) is 37.7 Å². The van der Waals surface area contributed by atoms with E-state index < -0.39 is 11.6 Å². The summed E-state index contributed by atoms with van der Waals surface area (Å²) in [5, 5.41) is 14.3. The lowest BCUT2D eigenvalue weighted by molar-refractivity contribution is -0.140. The fourth-order valence-electron chi connectivity index (χ4n) is 8.06. The number of likely N-dealkylation sites (tertiary alicyclic amines) is 1. The second kappa shape index (κ2) is 7.11. The number of aromatic nitrogens is 3. The summed E-state index contributed by atoms with van der Waals surface area (Å²) in [5.41, 5.74) is 4.39. The van der Waals surface area contributed by atoms with Crippen LogP contribution in [-0.4, -0.2) is 68.9 Å². The number of carbonyl (C=O) groups is 1. The first kappa shape index (κ1) is 22.1. The second-order valence-corrected chi connectivity index (χ2v) is 12.6. The van der Waals surface area contributed by atoms with Gasteiger partial charge in [0.25, 0.3) is 0 Å². The van der Waals surface area contributed by atoms with Gasteiger partial charge in [0.2, 0.25) is 0 Å². The molecule has 2 bridgehead atoms. The normalized spacial score (nSPS) is 38.2. The van der Waals surface area contributed by atoms with Gasteiger partial charge in [-0.05, 0) is 42.4 Å². The van der Waals surface area contributed by atoms with Crippen molar-refractivity contribution in [2.24, 2.45) is 17.8 Å². The van der Waals surface area contributed by atoms with Crippen LogP contribution >= 0.6 is 0 Å². The van der Waals surface area contributed by atoms with Crippen LogP contribution in [0.2, 0.25) is 0 Å². The van der Waals surface area contributed by atoms with Crippen molar-refractivity contribution in [3.8, 4) is 0 Å². The zero-order valence-electron chi connectivity index (χ0n) is 21.4. The van der Waals surface area contributed by atoms with Crippen LogP contribution in [0.15, 0.2) is 42.6 Å². The van der Waals surface area contributed by atoms with Crippen molar-refractivity contribution < 1.29 is 14.6 Å². The number of hydrogen-bond acceptors (Lipinski definition) is 6. The molecule has 1 aromatic carbocycles. The number of carboxylic acids is 1. The maximum Gasteiger partial charge on any atom is 0.307 e. The van der Waals surface area contributed by atoms with E-state index in [1.165, 1.54) is 11.3 Å². The lowest BCUT2D eigenvalue weighted by Gasteiger charge is -2.49. The van der Waals surface area contributed by atoms with Gasteiger partial charge in [-0.2, -0.15) is 0 Å². The standard InChI is InChI=1S/C29H33N5O3/c1-18-10-20(32-9-8-27(2,16-32)19-6-4-3-5-7-19)11-34-24(18)30-26(31-34)29-14-28(15-29,17-37-29)33-12-21-22(13-33)23(21)25(35)36/h3-7,10-11,21-23H,8-9,12-17H2,1-2H3,(H,35,36)/t21?,22?,23?,27-,28?,29?/m0/s1. The molecule has 2 aliphatic carbocycles. The highest BCUT2D eigenvalue weighted by molar-refractivity contribution is 5.74. The Balaban J connectivity index is 1.02. The van der Waals surface area contributed by atoms with Gasteiger partial charge >= 0.3 is 5.97 Å². The minimum absolute atomic E-state index is 0.0333. The lowest BCUT2D eigenvalue weighted by Crippen LogP contribution is -2.59. The van der Waals surface area contributed by atoms with E-state index in [0.717, 1.165) is 62.5 Å². The molecular formula is C29H33N5O3. The minimum atomic E-state index is -0.625. The number of benzene rings is 1. The molecule has 9 rings (SSSR count). The molecule has 8 heteroatoms. The highest BCUT2D eigenvalue weighted by atomic mass is 16.5. The molecule has 192 valence electrons. The summed E-state index contributed by atoms with van der Waals surface area (Å²) in [5.74, 6) is 0.694. The van der Waals surface area contributed by atoms with Crippen molar-refractivity contribution >= 4 is 17.3 Å². The molecule has 37 heavy (non-hydrogen) atoms. The predicted octanol–water partition coefficient (Wildman–Crippen LogP) is 3.23. The number of fused-ring (bicyclic) bond motifs is 3. The van der Waals surface area contributed by atoms with E-state index in [9.17, 15) is 9.90 Å². The molecule has 6 fully saturated rings. The lowest BCUT2D eigenvalue weighted by atomic mass is 9.67. The number of hydrogen-bond donors (Lipinski definition) is 1. The van der Waals surface area contributed by atoms with Gasteiger partial charge in [0.1, 0.15) is 5.60 Å². The van der Waals surface area contributed by atoms with Gasteiger partial charge in [0.05, 0.1) is 29.9 Å². The molecule has 2 aromatic heterocycles. The summed E-state index contributed by atoms with van der Waals surface area (Å²) in [7, 11) is 0. The third-order valence-corrected chi connectivity index (χ3v) is 10.3. The zero-order valence-corrected chi connectivity index (χ0v) is 21.4. The Kier molecular flexibility index (Phi) is 4.24. The average molecular weight is 500 g/mol. The number of aryl methyl sites for hydroxylation is 1. The first-order chi connectivity index (χ1) is 17.8. The topological polar surface area (TPSA) is 83.2 Å². The molecule has 3 aromatic rings. The van der Waals surface area contributed by atoms with Crippen molar-refractivity contribution in [2.45, 2.75) is 49.7 Å². The fourth-order valence-corrected chi connectivity index (χ4v) is 8.06. The molecule has 8 nitrogen and oxygen atoms in total. The number of carboxylic acid groups (broad SMARTS) is 1. The van der Waals surface area contributed by atoms with Crippen LogP contribution in [0.3, 0.4) is 0 Å². The van der Waals surface area contributed by atoms with Gasteiger partial charge in [-0.15, -0.1) is 5.10 Å². The molecule has 0 spiro atoms.